The van der Waals surface area contributed by atoms with Crippen molar-refractivity contribution in [3.63, 3.8) is 0 Å². The van der Waals surface area contributed by atoms with Crippen molar-refractivity contribution in [3.8, 4) is 5.75 Å². The molecule has 0 fully saturated rings. The highest BCUT2D eigenvalue weighted by Crippen LogP contribution is 2.54. The SMILES string of the molecule is CCCCCC(=O)N1N=C(c2cc(F)ccc2F)SC12CCOc1ccccc12. The second-order valence-electron chi connectivity index (χ2n) is 7.17. The molecular formula is C22H22F2N2O2S. The number of halogens is 2. The normalized spacial score (nSPS) is 20.4. The summed E-state index contributed by atoms with van der Waals surface area (Å²) in [5.41, 5.74) is 0.901. The van der Waals surface area contributed by atoms with E-state index in [1.807, 2.05) is 24.3 Å². The number of thioether (sulfide) groups is 1. The Hall–Kier alpha value is -2.41. The van der Waals surface area contributed by atoms with E-state index in [-0.39, 0.29) is 11.5 Å². The van der Waals surface area contributed by atoms with Crippen LogP contribution in [0.25, 0.3) is 0 Å². The summed E-state index contributed by atoms with van der Waals surface area (Å²) in [7, 11) is 0. The lowest BCUT2D eigenvalue weighted by atomic mass is 9.98. The molecule has 0 aliphatic carbocycles. The Labute approximate surface area is 172 Å². The number of amides is 1. The molecule has 7 heteroatoms. The summed E-state index contributed by atoms with van der Waals surface area (Å²) in [6.45, 7) is 2.49. The first-order valence-corrected chi connectivity index (χ1v) is 10.7. The van der Waals surface area contributed by atoms with Crippen LogP contribution in [0.4, 0.5) is 8.78 Å². The Morgan fingerprint density at radius 3 is 2.90 bits per heavy atom. The number of carbonyl (C=O) groups excluding carboxylic acids is 1. The smallest absolute Gasteiger partial charge is 0.244 e. The summed E-state index contributed by atoms with van der Waals surface area (Å²) >= 11 is 1.30. The predicted octanol–water partition coefficient (Wildman–Crippen LogP) is 5.42. The van der Waals surface area contributed by atoms with Crippen LogP contribution in [0.3, 0.4) is 0 Å². The van der Waals surface area contributed by atoms with Gasteiger partial charge in [0.1, 0.15) is 27.3 Å². The molecule has 0 aromatic heterocycles. The number of carbonyl (C=O) groups is 1. The summed E-state index contributed by atoms with van der Waals surface area (Å²) in [5.74, 6) is -0.532. The Kier molecular flexibility index (Phi) is 5.58. The molecule has 2 heterocycles. The molecule has 1 spiro atoms. The average Bonchev–Trinajstić information content (AvgIpc) is 3.10. The van der Waals surface area contributed by atoms with Gasteiger partial charge in [0.15, 0.2) is 0 Å². The van der Waals surface area contributed by atoms with Gasteiger partial charge in [-0.25, -0.2) is 13.8 Å². The molecule has 4 rings (SSSR count). The van der Waals surface area contributed by atoms with Gasteiger partial charge in [0.25, 0.3) is 0 Å². The zero-order chi connectivity index (χ0) is 20.4. The van der Waals surface area contributed by atoms with Crippen molar-refractivity contribution >= 4 is 22.7 Å². The van der Waals surface area contributed by atoms with Crippen molar-refractivity contribution in [1.29, 1.82) is 0 Å². The minimum atomic E-state index is -0.813. The van der Waals surface area contributed by atoms with Crippen LogP contribution in [0, 0.1) is 11.6 Å². The topological polar surface area (TPSA) is 41.9 Å². The van der Waals surface area contributed by atoms with E-state index in [0.29, 0.717) is 30.2 Å². The molecule has 0 N–H and O–H groups in total. The van der Waals surface area contributed by atoms with Gasteiger partial charge in [0.05, 0.1) is 6.61 Å². The Bertz CT molecular complexity index is 966. The van der Waals surface area contributed by atoms with E-state index < -0.39 is 16.5 Å². The first-order valence-electron chi connectivity index (χ1n) is 9.83. The molecule has 2 aliphatic heterocycles. The molecule has 1 unspecified atom stereocenters. The number of ether oxygens (including phenoxy) is 1. The lowest BCUT2D eigenvalue weighted by Crippen LogP contribution is -2.44. The highest BCUT2D eigenvalue weighted by atomic mass is 32.2. The molecule has 2 aromatic rings. The summed E-state index contributed by atoms with van der Waals surface area (Å²) in [6, 6.07) is 10.8. The minimum absolute atomic E-state index is 0.0715. The van der Waals surface area contributed by atoms with Crippen LogP contribution >= 0.6 is 11.8 Å². The van der Waals surface area contributed by atoms with Gasteiger partial charge in [-0.3, -0.25) is 4.79 Å². The van der Waals surface area contributed by atoms with E-state index in [2.05, 4.69) is 12.0 Å². The number of hydrogen-bond acceptors (Lipinski definition) is 4. The summed E-state index contributed by atoms with van der Waals surface area (Å²) in [6.07, 6.45) is 3.60. The number of rotatable bonds is 5. The van der Waals surface area contributed by atoms with E-state index in [0.717, 1.165) is 43.0 Å². The first-order chi connectivity index (χ1) is 14.0. The van der Waals surface area contributed by atoms with Gasteiger partial charge in [0, 0.05) is 24.0 Å². The predicted molar refractivity (Wildman–Crippen MR) is 110 cm³/mol. The van der Waals surface area contributed by atoms with Crippen molar-refractivity contribution in [2.45, 2.75) is 43.9 Å². The van der Waals surface area contributed by atoms with Crippen LogP contribution in [0.5, 0.6) is 5.75 Å². The maximum atomic E-state index is 14.5. The molecule has 0 saturated heterocycles. The molecule has 152 valence electrons. The number of benzene rings is 2. The van der Waals surface area contributed by atoms with Crippen LogP contribution in [-0.2, 0) is 9.67 Å². The largest absolute Gasteiger partial charge is 0.493 e. The maximum absolute atomic E-state index is 14.5. The molecule has 2 aromatic carbocycles. The van der Waals surface area contributed by atoms with Gasteiger partial charge in [0.2, 0.25) is 5.91 Å². The highest BCUT2D eigenvalue weighted by Gasteiger charge is 2.51. The first kappa shape index (κ1) is 19.9. The second-order valence-corrected chi connectivity index (χ2v) is 8.44. The zero-order valence-corrected chi connectivity index (χ0v) is 17.0. The number of para-hydroxylation sites is 1. The number of fused-ring (bicyclic) bond motifs is 2. The second kappa shape index (κ2) is 8.14. The fraction of sp³-hybridized carbons (Fsp3) is 0.364. The maximum Gasteiger partial charge on any atom is 0.244 e. The van der Waals surface area contributed by atoms with Gasteiger partial charge in [-0.05, 0) is 30.7 Å². The number of hydrazone groups is 1. The third kappa shape index (κ3) is 3.64. The molecule has 1 amide bonds. The Morgan fingerprint density at radius 1 is 1.24 bits per heavy atom. The molecule has 2 aliphatic rings. The quantitative estimate of drug-likeness (QED) is 0.612. The van der Waals surface area contributed by atoms with Crippen molar-refractivity contribution < 1.29 is 18.3 Å². The molecule has 4 nitrogen and oxygen atoms in total. The van der Waals surface area contributed by atoms with Crippen molar-refractivity contribution in [1.82, 2.24) is 5.01 Å². The minimum Gasteiger partial charge on any atom is -0.493 e. The molecule has 0 bridgehead atoms. The monoisotopic (exact) mass is 416 g/mol. The number of nitrogens with zero attached hydrogens (tertiary/aromatic N) is 2. The third-order valence-corrected chi connectivity index (χ3v) is 6.62. The average molecular weight is 416 g/mol. The number of unbranched alkanes of at least 4 members (excludes halogenated alkanes) is 2. The molecule has 29 heavy (non-hydrogen) atoms. The van der Waals surface area contributed by atoms with Crippen molar-refractivity contribution in [2.75, 3.05) is 6.61 Å². The Morgan fingerprint density at radius 2 is 2.07 bits per heavy atom. The number of hydrogen-bond donors (Lipinski definition) is 0. The fourth-order valence-corrected chi connectivity index (χ4v) is 5.13. The third-order valence-electron chi connectivity index (χ3n) is 5.19. The zero-order valence-electron chi connectivity index (χ0n) is 16.2. The summed E-state index contributed by atoms with van der Waals surface area (Å²) in [4.78, 5) is 12.3. The van der Waals surface area contributed by atoms with Gasteiger partial charge < -0.3 is 4.74 Å². The van der Waals surface area contributed by atoms with Crippen molar-refractivity contribution in [2.24, 2.45) is 5.10 Å². The summed E-state index contributed by atoms with van der Waals surface area (Å²) < 4.78 is 34.0. The molecule has 1 atom stereocenters. The Balaban J connectivity index is 1.77. The van der Waals surface area contributed by atoms with Crippen LogP contribution in [-0.4, -0.2) is 22.6 Å². The molecule has 0 radical (unpaired) electrons. The van der Waals surface area contributed by atoms with E-state index >= 15 is 0 Å². The molecule has 0 saturated carbocycles. The van der Waals surface area contributed by atoms with E-state index in [1.54, 1.807) is 0 Å². The lowest BCUT2D eigenvalue weighted by Gasteiger charge is -2.39. The van der Waals surface area contributed by atoms with E-state index in [9.17, 15) is 13.6 Å². The van der Waals surface area contributed by atoms with Crippen molar-refractivity contribution in [3.05, 3.63) is 65.2 Å². The van der Waals surface area contributed by atoms with Crippen LogP contribution in [0.15, 0.2) is 47.6 Å². The van der Waals surface area contributed by atoms with Crippen LogP contribution in [0.1, 0.15) is 50.2 Å². The van der Waals surface area contributed by atoms with Gasteiger partial charge in [-0.15, -0.1) is 0 Å². The standard InChI is InChI=1S/C22H22F2N2O2S/c1-2-3-4-9-20(27)26-22(12-13-28-19-8-6-5-7-17(19)22)29-21(25-26)16-14-15(23)10-11-18(16)24/h5-8,10-11,14H,2-4,9,12-13H2,1H3. The van der Waals surface area contributed by atoms with Gasteiger partial charge >= 0.3 is 0 Å². The van der Waals surface area contributed by atoms with Gasteiger partial charge in [-0.1, -0.05) is 49.7 Å². The highest BCUT2D eigenvalue weighted by molar-refractivity contribution is 8.15. The molecular weight excluding hydrogens is 394 g/mol. The van der Waals surface area contributed by atoms with Gasteiger partial charge in [-0.2, -0.15) is 5.10 Å². The lowest BCUT2D eigenvalue weighted by molar-refractivity contribution is -0.135. The fourth-order valence-electron chi connectivity index (χ4n) is 3.73. The van der Waals surface area contributed by atoms with E-state index in [1.165, 1.54) is 16.8 Å². The van der Waals surface area contributed by atoms with E-state index in [4.69, 9.17) is 4.74 Å². The van der Waals surface area contributed by atoms with Crippen LogP contribution < -0.4 is 4.74 Å². The summed E-state index contributed by atoms with van der Waals surface area (Å²) in [5, 5.41) is 6.30. The van der Waals surface area contributed by atoms with Crippen LogP contribution in [0.2, 0.25) is 0 Å².